The van der Waals surface area contributed by atoms with Crippen LogP contribution in [0.25, 0.3) is 0 Å². The molecule has 0 bridgehead atoms. The highest BCUT2D eigenvalue weighted by Gasteiger charge is 2.24. The van der Waals surface area contributed by atoms with Crippen LogP contribution in [0.15, 0.2) is 24.5 Å². The highest BCUT2D eigenvalue weighted by Crippen LogP contribution is 2.33. The SMILES string of the molecule is CCNC(c1cccnc1OC)c1c(OC)cnn1C. The van der Waals surface area contributed by atoms with Crippen molar-refractivity contribution < 1.29 is 9.47 Å². The minimum atomic E-state index is -0.0916. The van der Waals surface area contributed by atoms with Gasteiger partial charge in [-0.15, -0.1) is 0 Å². The Kier molecular flexibility index (Phi) is 4.57. The zero-order chi connectivity index (χ0) is 14.5. The van der Waals surface area contributed by atoms with Gasteiger partial charge in [0.15, 0.2) is 5.75 Å². The lowest BCUT2D eigenvalue weighted by molar-refractivity contribution is 0.380. The fraction of sp³-hybridized carbons (Fsp3) is 0.429. The van der Waals surface area contributed by atoms with Crippen LogP contribution < -0.4 is 14.8 Å². The molecule has 0 aliphatic carbocycles. The summed E-state index contributed by atoms with van der Waals surface area (Å²) in [6.45, 7) is 2.86. The average molecular weight is 276 g/mol. The lowest BCUT2D eigenvalue weighted by Gasteiger charge is -2.21. The van der Waals surface area contributed by atoms with Crippen molar-refractivity contribution in [3.05, 3.63) is 35.8 Å². The van der Waals surface area contributed by atoms with Gasteiger partial charge in [-0.25, -0.2) is 4.98 Å². The Hall–Kier alpha value is -2.08. The molecule has 0 aromatic carbocycles. The molecule has 0 saturated carbocycles. The molecule has 2 heterocycles. The normalized spacial score (nSPS) is 12.2. The molecule has 0 radical (unpaired) electrons. The zero-order valence-electron chi connectivity index (χ0n) is 12.3. The predicted octanol–water partition coefficient (Wildman–Crippen LogP) is 1.53. The molecule has 0 aliphatic rings. The molecule has 0 saturated heterocycles. The van der Waals surface area contributed by atoms with E-state index in [-0.39, 0.29) is 6.04 Å². The van der Waals surface area contributed by atoms with Crippen LogP contribution in [-0.4, -0.2) is 35.5 Å². The summed E-state index contributed by atoms with van der Waals surface area (Å²) in [6, 6.07) is 3.79. The second-order valence-electron chi connectivity index (χ2n) is 4.31. The second-order valence-corrected chi connectivity index (χ2v) is 4.31. The lowest BCUT2D eigenvalue weighted by atomic mass is 10.0. The van der Waals surface area contributed by atoms with E-state index in [2.05, 4.69) is 22.3 Å². The Morgan fingerprint density at radius 1 is 1.35 bits per heavy atom. The summed E-state index contributed by atoms with van der Waals surface area (Å²) >= 11 is 0. The molecule has 0 amide bonds. The number of ether oxygens (including phenoxy) is 2. The summed E-state index contributed by atoms with van der Waals surface area (Å²) in [5.41, 5.74) is 1.90. The topological polar surface area (TPSA) is 61.2 Å². The first-order valence-electron chi connectivity index (χ1n) is 6.51. The number of aromatic nitrogens is 3. The van der Waals surface area contributed by atoms with E-state index in [1.807, 2.05) is 19.2 Å². The van der Waals surface area contributed by atoms with E-state index in [1.165, 1.54) is 0 Å². The van der Waals surface area contributed by atoms with Crippen LogP contribution >= 0.6 is 0 Å². The monoisotopic (exact) mass is 276 g/mol. The molecule has 1 unspecified atom stereocenters. The first-order valence-corrected chi connectivity index (χ1v) is 6.51. The highest BCUT2D eigenvalue weighted by atomic mass is 16.5. The van der Waals surface area contributed by atoms with Gasteiger partial charge in [-0.1, -0.05) is 13.0 Å². The summed E-state index contributed by atoms with van der Waals surface area (Å²) in [7, 11) is 5.16. The maximum Gasteiger partial charge on any atom is 0.218 e. The molecular formula is C14H20N4O2. The van der Waals surface area contributed by atoms with Crippen molar-refractivity contribution >= 4 is 0 Å². The Bertz CT molecular complexity index is 568. The molecule has 2 aromatic rings. The largest absolute Gasteiger partial charge is 0.493 e. The number of hydrogen-bond donors (Lipinski definition) is 1. The van der Waals surface area contributed by atoms with E-state index in [0.717, 1.165) is 23.6 Å². The second kappa shape index (κ2) is 6.38. The Morgan fingerprint density at radius 2 is 2.15 bits per heavy atom. The fourth-order valence-corrected chi connectivity index (χ4v) is 2.26. The lowest BCUT2D eigenvalue weighted by Crippen LogP contribution is -2.25. The van der Waals surface area contributed by atoms with E-state index in [0.29, 0.717) is 5.88 Å². The summed E-state index contributed by atoms with van der Waals surface area (Å²) in [5.74, 6) is 1.34. The Morgan fingerprint density at radius 3 is 2.80 bits per heavy atom. The molecule has 6 nitrogen and oxygen atoms in total. The van der Waals surface area contributed by atoms with Crippen molar-refractivity contribution in [1.29, 1.82) is 0 Å². The van der Waals surface area contributed by atoms with E-state index in [9.17, 15) is 0 Å². The van der Waals surface area contributed by atoms with Gasteiger partial charge in [0.25, 0.3) is 0 Å². The molecular weight excluding hydrogens is 256 g/mol. The summed E-state index contributed by atoms with van der Waals surface area (Å²) in [6.07, 6.45) is 3.42. The van der Waals surface area contributed by atoms with Gasteiger partial charge >= 0.3 is 0 Å². The Balaban J connectivity index is 2.53. The standard InChI is InChI=1S/C14H20N4O2/c1-5-15-12(10-7-6-8-16-14(10)20-4)13-11(19-3)9-17-18(13)2/h6-9,12,15H,5H2,1-4H3. The molecule has 0 fully saturated rings. The van der Waals surface area contributed by atoms with Crippen molar-refractivity contribution in [3.63, 3.8) is 0 Å². The van der Waals surface area contributed by atoms with Crippen LogP contribution in [0.4, 0.5) is 0 Å². The van der Waals surface area contributed by atoms with Gasteiger partial charge in [0, 0.05) is 18.8 Å². The van der Waals surface area contributed by atoms with Crippen LogP contribution in [0.5, 0.6) is 11.6 Å². The molecule has 6 heteroatoms. The first kappa shape index (κ1) is 14.3. The number of nitrogens with zero attached hydrogens (tertiary/aromatic N) is 3. The number of aryl methyl sites for hydroxylation is 1. The molecule has 0 aliphatic heterocycles. The van der Waals surface area contributed by atoms with Gasteiger partial charge in [0.2, 0.25) is 5.88 Å². The molecule has 1 N–H and O–H groups in total. The highest BCUT2D eigenvalue weighted by molar-refractivity contribution is 5.40. The van der Waals surface area contributed by atoms with Crippen LogP contribution in [0, 0.1) is 0 Å². The van der Waals surface area contributed by atoms with Crippen LogP contribution in [-0.2, 0) is 7.05 Å². The number of methoxy groups -OCH3 is 2. The smallest absolute Gasteiger partial charge is 0.218 e. The molecule has 2 rings (SSSR count). The molecule has 108 valence electrons. The third-order valence-electron chi connectivity index (χ3n) is 3.16. The van der Waals surface area contributed by atoms with Gasteiger partial charge in [-0.2, -0.15) is 5.10 Å². The van der Waals surface area contributed by atoms with Crippen LogP contribution in [0.1, 0.15) is 24.2 Å². The summed E-state index contributed by atoms with van der Waals surface area (Å²) in [4.78, 5) is 4.26. The van der Waals surface area contributed by atoms with Gasteiger partial charge in [0.05, 0.1) is 26.5 Å². The maximum atomic E-state index is 5.40. The predicted molar refractivity (Wildman–Crippen MR) is 76.1 cm³/mol. The fourth-order valence-electron chi connectivity index (χ4n) is 2.26. The minimum Gasteiger partial charge on any atom is -0.493 e. The number of pyridine rings is 1. The number of hydrogen-bond acceptors (Lipinski definition) is 5. The summed E-state index contributed by atoms with van der Waals surface area (Å²) < 4.78 is 12.6. The van der Waals surface area contributed by atoms with Gasteiger partial charge in [-0.3, -0.25) is 4.68 Å². The van der Waals surface area contributed by atoms with Crippen LogP contribution in [0.3, 0.4) is 0 Å². The molecule has 1 atom stereocenters. The van der Waals surface area contributed by atoms with E-state index >= 15 is 0 Å². The third kappa shape index (κ3) is 2.60. The number of nitrogens with one attached hydrogen (secondary N) is 1. The average Bonchev–Trinajstić information content (AvgIpc) is 2.85. The van der Waals surface area contributed by atoms with E-state index in [1.54, 1.807) is 31.3 Å². The van der Waals surface area contributed by atoms with E-state index < -0.39 is 0 Å². The maximum absolute atomic E-state index is 5.40. The van der Waals surface area contributed by atoms with Crippen molar-refractivity contribution in [2.75, 3.05) is 20.8 Å². The van der Waals surface area contributed by atoms with Crippen molar-refractivity contribution in [1.82, 2.24) is 20.1 Å². The van der Waals surface area contributed by atoms with E-state index in [4.69, 9.17) is 9.47 Å². The van der Waals surface area contributed by atoms with Crippen molar-refractivity contribution in [3.8, 4) is 11.6 Å². The molecule has 2 aromatic heterocycles. The molecule has 20 heavy (non-hydrogen) atoms. The van der Waals surface area contributed by atoms with Gasteiger partial charge < -0.3 is 14.8 Å². The van der Waals surface area contributed by atoms with Crippen LogP contribution in [0.2, 0.25) is 0 Å². The number of rotatable bonds is 6. The molecule has 0 spiro atoms. The first-order chi connectivity index (χ1) is 9.72. The van der Waals surface area contributed by atoms with Crippen molar-refractivity contribution in [2.24, 2.45) is 7.05 Å². The third-order valence-corrected chi connectivity index (χ3v) is 3.16. The zero-order valence-corrected chi connectivity index (χ0v) is 12.3. The van der Waals surface area contributed by atoms with Gasteiger partial charge in [-0.05, 0) is 12.6 Å². The quantitative estimate of drug-likeness (QED) is 0.867. The minimum absolute atomic E-state index is 0.0916. The summed E-state index contributed by atoms with van der Waals surface area (Å²) in [5, 5.41) is 7.69. The Labute approximate surface area is 118 Å². The van der Waals surface area contributed by atoms with Gasteiger partial charge in [0.1, 0.15) is 5.69 Å². The van der Waals surface area contributed by atoms with Crippen molar-refractivity contribution in [2.45, 2.75) is 13.0 Å².